The van der Waals surface area contributed by atoms with E-state index in [1.165, 1.54) is 37.8 Å². The monoisotopic (exact) mass is 381 g/mol. The van der Waals surface area contributed by atoms with Gasteiger partial charge >= 0.3 is 0 Å². The number of pyridine rings is 1. The molecule has 28 heavy (non-hydrogen) atoms. The molecular formula is C22H31N5O. The molecule has 0 spiro atoms. The van der Waals surface area contributed by atoms with Gasteiger partial charge in [-0.1, -0.05) is 0 Å². The van der Waals surface area contributed by atoms with Gasteiger partial charge in [0.15, 0.2) is 0 Å². The maximum atomic E-state index is 12.7. The molecule has 4 rings (SSSR count). The summed E-state index contributed by atoms with van der Waals surface area (Å²) in [5.41, 5.74) is 2.66. The largest absolute Gasteiger partial charge is 0.357 e. The number of carbonyl (C=O) groups is 1. The smallest absolute Gasteiger partial charge is 0.272 e. The molecule has 2 fully saturated rings. The van der Waals surface area contributed by atoms with Gasteiger partial charge in [0.25, 0.3) is 5.91 Å². The third kappa shape index (κ3) is 4.21. The number of rotatable bonds is 5. The van der Waals surface area contributed by atoms with Crippen LogP contribution in [-0.4, -0.2) is 33.8 Å². The summed E-state index contributed by atoms with van der Waals surface area (Å²) in [7, 11) is 0. The Hall–Kier alpha value is -2.37. The Morgan fingerprint density at radius 3 is 2.61 bits per heavy atom. The first-order valence-corrected chi connectivity index (χ1v) is 10.5. The fourth-order valence-electron chi connectivity index (χ4n) is 3.85. The average Bonchev–Trinajstić information content (AvgIpc) is 3.43. The predicted octanol–water partition coefficient (Wildman–Crippen LogP) is 3.83. The van der Waals surface area contributed by atoms with Crippen LogP contribution in [-0.2, 0) is 12.1 Å². The molecule has 1 aliphatic carbocycles. The lowest BCUT2D eigenvalue weighted by atomic mass is 10.1. The molecule has 2 aliphatic rings. The van der Waals surface area contributed by atoms with Crippen LogP contribution >= 0.6 is 0 Å². The van der Waals surface area contributed by atoms with Crippen LogP contribution in [0.25, 0.3) is 0 Å². The highest BCUT2D eigenvalue weighted by atomic mass is 16.1. The zero-order valence-electron chi connectivity index (χ0n) is 17.2. The topological polar surface area (TPSA) is 63.1 Å². The minimum absolute atomic E-state index is 0.110. The lowest BCUT2D eigenvalue weighted by molar-refractivity contribution is 0.0944. The molecule has 0 unspecified atom stereocenters. The van der Waals surface area contributed by atoms with Gasteiger partial charge < -0.3 is 10.2 Å². The first kappa shape index (κ1) is 19.0. The summed E-state index contributed by atoms with van der Waals surface area (Å²) >= 11 is 0. The van der Waals surface area contributed by atoms with E-state index >= 15 is 0 Å². The Kier molecular flexibility index (Phi) is 5.13. The fraction of sp³-hybridized carbons (Fsp3) is 0.591. The van der Waals surface area contributed by atoms with E-state index in [2.05, 4.69) is 47.1 Å². The van der Waals surface area contributed by atoms with E-state index in [4.69, 9.17) is 0 Å². The summed E-state index contributed by atoms with van der Waals surface area (Å²) in [6.07, 6.45) is 7.98. The molecule has 2 aromatic heterocycles. The van der Waals surface area contributed by atoms with Gasteiger partial charge in [0.2, 0.25) is 0 Å². The zero-order valence-corrected chi connectivity index (χ0v) is 17.2. The molecule has 1 N–H and O–H groups in total. The fourth-order valence-corrected chi connectivity index (χ4v) is 3.85. The SMILES string of the molecule is CC(C)(C)n1nc(C(=O)NCc2ccnc(N3CCCCC3)c2)cc1C1CC1. The molecule has 6 nitrogen and oxygen atoms in total. The summed E-state index contributed by atoms with van der Waals surface area (Å²) in [6.45, 7) is 9.02. The van der Waals surface area contributed by atoms with E-state index in [1.54, 1.807) is 0 Å². The highest BCUT2D eigenvalue weighted by molar-refractivity contribution is 5.92. The standard InChI is InChI=1S/C22H31N5O/c1-22(2,3)27-19(17-7-8-17)14-18(25-27)21(28)24-15-16-9-10-23-20(13-16)26-11-5-4-6-12-26/h9-10,13-14,17H,4-8,11-12,15H2,1-3H3,(H,24,28). The second-order valence-corrected chi connectivity index (χ2v) is 9.06. The van der Waals surface area contributed by atoms with Gasteiger partial charge in [0.05, 0.1) is 5.54 Å². The normalized spacial score (nSPS) is 17.6. The third-order valence-corrected chi connectivity index (χ3v) is 5.54. The summed E-state index contributed by atoms with van der Waals surface area (Å²) in [5, 5.41) is 7.67. The number of nitrogens with one attached hydrogen (secondary N) is 1. The lowest BCUT2D eigenvalue weighted by Crippen LogP contribution is -2.30. The summed E-state index contributed by atoms with van der Waals surface area (Å²) in [4.78, 5) is 19.6. The molecule has 1 amide bonds. The van der Waals surface area contributed by atoms with E-state index in [9.17, 15) is 4.79 Å². The van der Waals surface area contributed by atoms with E-state index in [-0.39, 0.29) is 11.4 Å². The van der Waals surface area contributed by atoms with Crippen molar-refractivity contribution in [2.24, 2.45) is 0 Å². The van der Waals surface area contributed by atoms with Crippen molar-refractivity contribution in [3.63, 3.8) is 0 Å². The Bertz CT molecular complexity index is 841. The molecule has 1 saturated carbocycles. The second-order valence-electron chi connectivity index (χ2n) is 9.06. The third-order valence-electron chi connectivity index (χ3n) is 5.54. The van der Waals surface area contributed by atoms with Crippen molar-refractivity contribution in [3.05, 3.63) is 41.3 Å². The van der Waals surface area contributed by atoms with Crippen molar-refractivity contribution in [1.82, 2.24) is 20.1 Å². The van der Waals surface area contributed by atoms with Crippen LogP contribution in [0, 0.1) is 0 Å². The zero-order chi connectivity index (χ0) is 19.7. The van der Waals surface area contributed by atoms with Crippen LogP contribution < -0.4 is 10.2 Å². The van der Waals surface area contributed by atoms with Gasteiger partial charge in [-0.25, -0.2) is 4.98 Å². The van der Waals surface area contributed by atoms with Crippen molar-refractivity contribution in [2.45, 2.75) is 70.9 Å². The number of amides is 1. The number of hydrogen-bond acceptors (Lipinski definition) is 4. The maximum Gasteiger partial charge on any atom is 0.272 e. The van der Waals surface area contributed by atoms with Crippen molar-refractivity contribution < 1.29 is 4.79 Å². The lowest BCUT2D eigenvalue weighted by Gasteiger charge is -2.27. The van der Waals surface area contributed by atoms with Gasteiger partial charge in [-0.2, -0.15) is 5.10 Å². The van der Waals surface area contributed by atoms with Crippen LogP contribution in [0.3, 0.4) is 0 Å². The molecule has 0 aromatic carbocycles. The Morgan fingerprint density at radius 2 is 1.93 bits per heavy atom. The van der Waals surface area contributed by atoms with Gasteiger partial charge in [-0.15, -0.1) is 0 Å². The van der Waals surface area contributed by atoms with Crippen molar-refractivity contribution in [2.75, 3.05) is 18.0 Å². The van der Waals surface area contributed by atoms with Crippen LogP contribution in [0.5, 0.6) is 0 Å². The molecule has 6 heteroatoms. The molecule has 3 heterocycles. The molecule has 0 bridgehead atoms. The van der Waals surface area contributed by atoms with Crippen molar-refractivity contribution in [3.8, 4) is 0 Å². The Morgan fingerprint density at radius 1 is 1.18 bits per heavy atom. The Balaban J connectivity index is 1.43. The molecule has 0 atom stereocenters. The first-order chi connectivity index (χ1) is 13.4. The Labute approximate surface area is 167 Å². The number of hydrogen-bond donors (Lipinski definition) is 1. The number of carbonyl (C=O) groups excluding carboxylic acids is 1. The number of anilines is 1. The highest BCUT2D eigenvalue weighted by Crippen LogP contribution is 2.41. The van der Waals surface area contributed by atoms with Crippen molar-refractivity contribution in [1.29, 1.82) is 0 Å². The van der Waals surface area contributed by atoms with Crippen LogP contribution in [0.4, 0.5) is 5.82 Å². The molecule has 150 valence electrons. The maximum absolute atomic E-state index is 12.7. The number of nitrogens with zero attached hydrogens (tertiary/aromatic N) is 4. The molecular weight excluding hydrogens is 350 g/mol. The predicted molar refractivity (Wildman–Crippen MR) is 111 cm³/mol. The van der Waals surface area contributed by atoms with Crippen LogP contribution in [0.15, 0.2) is 24.4 Å². The van der Waals surface area contributed by atoms with Gasteiger partial charge in [-0.3, -0.25) is 9.48 Å². The van der Waals surface area contributed by atoms with Crippen LogP contribution in [0.1, 0.15) is 80.5 Å². The number of piperidine rings is 1. The summed E-state index contributed by atoms with van der Waals surface area (Å²) in [5.74, 6) is 1.46. The quantitative estimate of drug-likeness (QED) is 0.855. The molecule has 1 saturated heterocycles. The first-order valence-electron chi connectivity index (χ1n) is 10.5. The van der Waals surface area contributed by atoms with Gasteiger partial charge in [-0.05, 0) is 76.6 Å². The molecule has 2 aromatic rings. The van der Waals surface area contributed by atoms with Crippen molar-refractivity contribution >= 4 is 11.7 Å². The van der Waals surface area contributed by atoms with E-state index in [0.29, 0.717) is 18.2 Å². The highest BCUT2D eigenvalue weighted by Gasteiger charge is 2.32. The summed E-state index contributed by atoms with van der Waals surface area (Å²) in [6, 6.07) is 6.04. The van der Waals surface area contributed by atoms with E-state index < -0.39 is 0 Å². The summed E-state index contributed by atoms with van der Waals surface area (Å²) < 4.78 is 2.03. The van der Waals surface area contributed by atoms with Gasteiger partial charge in [0, 0.05) is 37.4 Å². The van der Waals surface area contributed by atoms with E-state index in [0.717, 1.165) is 24.5 Å². The van der Waals surface area contributed by atoms with E-state index in [1.807, 2.05) is 23.0 Å². The second kappa shape index (κ2) is 7.57. The number of aromatic nitrogens is 3. The molecule has 1 aliphatic heterocycles. The minimum Gasteiger partial charge on any atom is -0.357 e. The molecule has 0 radical (unpaired) electrons. The van der Waals surface area contributed by atoms with Gasteiger partial charge in [0.1, 0.15) is 11.5 Å². The van der Waals surface area contributed by atoms with Crippen LogP contribution in [0.2, 0.25) is 0 Å². The minimum atomic E-state index is -0.120. The average molecular weight is 382 g/mol.